The molecule has 0 bridgehead atoms. The zero-order valence-electron chi connectivity index (χ0n) is 19.6. The van der Waals surface area contributed by atoms with Crippen LogP contribution in [0, 0.1) is 13.8 Å². The van der Waals surface area contributed by atoms with E-state index in [-0.39, 0.29) is 5.91 Å². The molecule has 2 heterocycles. The maximum Gasteiger partial charge on any atom is 0.232 e. The fraction of sp³-hybridized carbons (Fsp3) is 0.133. The van der Waals surface area contributed by atoms with Gasteiger partial charge in [0.05, 0.1) is 5.92 Å². The highest BCUT2D eigenvalue weighted by Gasteiger charge is 2.24. The fourth-order valence-corrected chi connectivity index (χ4v) is 4.68. The molecule has 5 rings (SSSR count). The maximum absolute atomic E-state index is 13.5. The van der Waals surface area contributed by atoms with E-state index >= 15 is 0 Å². The van der Waals surface area contributed by atoms with Gasteiger partial charge in [-0.2, -0.15) is 0 Å². The van der Waals surface area contributed by atoms with Gasteiger partial charge in [-0.3, -0.25) is 9.78 Å². The van der Waals surface area contributed by atoms with Crippen LogP contribution in [0.5, 0.6) is 0 Å². The summed E-state index contributed by atoms with van der Waals surface area (Å²) >= 11 is 6.17. The molecular formula is C30H25ClN2O2. The summed E-state index contributed by atoms with van der Waals surface area (Å²) < 4.78 is 6.05. The highest BCUT2D eigenvalue weighted by Crippen LogP contribution is 2.31. The number of rotatable bonds is 6. The fourth-order valence-electron chi connectivity index (χ4n) is 4.45. The second-order valence-corrected chi connectivity index (χ2v) is 9.12. The molecule has 0 aliphatic carbocycles. The largest absolute Gasteiger partial charge is 0.456 e. The van der Waals surface area contributed by atoms with Gasteiger partial charge < -0.3 is 9.73 Å². The summed E-state index contributed by atoms with van der Waals surface area (Å²) in [5.41, 5.74) is 6.57. The normalized spacial score (nSPS) is 12.0. The predicted octanol–water partition coefficient (Wildman–Crippen LogP) is 7.21. The minimum absolute atomic E-state index is 0.0550. The molecule has 3 aromatic carbocycles. The van der Waals surface area contributed by atoms with Crippen LogP contribution in [0.2, 0.25) is 5.02 Å². The first kappa shape index (κ1) is 22.9. The number of benzene rings is 3. The molecule has 0 aliphatic rings. The first-order valence-corrected chi connectivity index (χ1v) is 11.9. The zero-order chi connectivity index (χ0) is 24.4. The van der Waals surface area contributed by atoms with Crippen molar-refractivity contribution in [2.75, 3.05) is 0 Å². The second-order valence-electron chi connectivity index (χ2n) is 8.68. The number of pyridine rings is 1. The molecule has 1 amide bonds. The molecule has 0 saturated heterocycles. The van der Waals surface area contributed by atoms with Crippen LogP contribution in [0.4, 0.5) is 0 Å². The van der Waals surface area contributed by atoms with Crippen molar-refractivity contribution in [1.29, 1.82) is 0 Å². The molecule has 0 radical (unpaired) electrons. The van der Waals surface area contributed by atoms with Crippen LogP contribution in [0.3, 0.4) is 0 Å². The summed E-state index contributed by atoms with van der Waals surface area (Å²) in [6, 6.07) is 27.4. The lowest BCUT2D eigenvalue weighted by Gasteiger charge is -2.20. The lowest BCUT2D eigenvalue weighted by Crippen LogP contribution is -2.30. The molecule has 35 heavy (non-hydrogen) atoms. The number of carbonyl (C=O) groups excluding carboxylic acids is 1. The number of halogens is 1. The third-order valence-electron chi connectivity index (χ3n) is 6.26. The summed E-state index contributed by atoms with van der Waals surface area (Å²) in [6.07, 6.45) is 1.77. The first-order valence-electron chi connectivity index (χ1n) is 11.5. The highest BCUT2D eigenvalue weighted by atomic mass is 35.5. The Morgan fingerprint density at radius 1 is 0.971 bits per heavy atom. The van der Waals surface area contributed by atoms with Crippen LogP contribution >= 0.6 is 11.6 Å². The Kier molecular flexibility index (Phi) is 6.39. The summed E-state index contributed by atoms with van der Waals surface area (Å²) in [5.74, 6) is 0.306. The van der Waals surface area contributed by atoms with E-state index in [0.29, 0.717) is 11.6 Å². The minimum Gasteiger partial charge on any atom is -0.456 e. The van der Waals surface area contributed by atoms with E-state index in [1.54, 1.807) is 6.20 Å². The standard InChI is InChI=1S/C30H25ClN2O2/c1-19-15-24(31)11-12-25(19)29(22-7-4-3-5-8-22)30(34)33-18-21-10-13-27-23(16-21)17-28(35-27)26-9-6-14-32-20(26)2/h3-17,29H,18H2,1-2H3,(H,33,34). The van der Waals surface area contributed by atoms with Crippen molar-refractivity contribution in [3.8, 4) is 11.3 Å². The molecule has 0 fully saturated rings. The van der Waals surface area contributed by atoms with Gasteiger partial charge in [-0.1, -0.05) is 54.1 Å². The van der Waals surface area contributed by atoms with Crippen molar-refractivity contribution in [1.82, 2.24) is 10.3 Å². The van der Waals surface area contributed by atoms with Gasteiger partial charge in [-0.25, -0.2) is 0 Å². The van der Waals surface area contributed by atoms with Gasteiger partial charge in [0.15, 0.2) is 0 Å². The summed E-state index contributed by atoms with van der Waals surface area (Å²) in [4.78, 5) is 17.8. The van der Waals surface area contributed by atoms with E-state index in [1.807, 2.05) is 92.7 Å². The summed E-state index contributed by atoms with van der Waals surface area (Å²) in [7, 11) is 0. The Balaban J connectivity index is 1.39. The molecule has 2 aromatic heterocycles. The summed E-state index contributed by atoms with van der Waals surface area (Å²) in [6.45, 7) is 4.37. The lowest BCUT2D eigenvalue weighted by atomic mass is 9.87. The molecule has 1 atom stereocenters. The number of carbonyl (C=O) groups is 1. The van der Waals surface area contributed by atoms with Crippen molar-refractivity contribution in [3.05, 3.63) is 124 Å². The topological polar surface area (TPSA) is 55.1 Å². The van der Waals surface area contributed by atoms with E-state index in [4.69, 9.17) is 16.0 Å². The van der Waals surface area contributed by atoms with E-state index in [0.717, 1.165) is 50.2 Å². The van der Waals surface area contributed by atoms with Crippen molar-refractivity contribution >= 4 is 28.5 Å². The minimum atomic E-state index is -0.425. The van der Waals surface area contributed by atoms with E-state index in [1.165, 1.54) is 0 Å². The van der Waals surface area contributed by atoms with Gasteiger partial charge in [-0.05, 0) is 78.6 Å². The van der Waals surface area contributed by atoms with Crippen LogP contribution in [0.25, 0.3) is 22.3 Å². The average molecular weight is 481 g/mol. The molecule has 4 nitrogen and oxygen atoms in total. The number of furan rings is 1. The molecule has 1 unspecified atom stereocenters. The number of nitrogens with one attached hydrogen (secondary N) is 1. The van der Waals surface area contributed by atoms with Gasteiger partial charge in [0.1, 0.15) is 11.3 Å². The molecule has 0 saturated carbocycles. The highest BCUT2D eigenvalue weighted by molar-refractivity contribution is 6.30. The first-order chi connectivity index (χ1) is 17.0. The Morgan fingerprint density at radius 3 is 2.57 bits per heavy atom. The van der Waals surface area contributed by atoms with Crippen LogP contribution in [-0.2, 0) is 11.3 Å². The van der Waals surface area contributed by atoms with Crippen molar-refractivity contribution in [2.45, 2.75) is 26.3 Å². The third-order valence-corrected chi connectivity index (χ3v) is 6.49. The Hall–Kier alpha value is -3.89. The average Bonchev–Trinajstić information content (AvgIpc) is 3.28. The van der Waals surface area contributed by atoms with Crippen molar-refractivity contribution < 1.29 is 9.21 Å². The van der Waals surface area contributed by atoms with E-state index < -0.39 is 5.92 Å². The Morgan fingerprint density at radius 2 is 1.80 bits per heavy atom. The van der Waals surface area contributed by atoms with Gasteiger partial charge >= 0.3 is 0 Å². The SMILES string of the molecule is Cc1cc(Cl)ccc1C(C(=O)NCc1ccc2oc(-c3cccnc3C)cc2c1)c1ccccc1. The lowest BCUT2D eigenvalue weighted by molar-refractivity contribution is -0.121. The van der Waals surface area contributed by atoms with E-state index in [2.05, 4.69) is 16.4 Å². The summed E-state index contributed by atoms with van der Waals surface area (Å²) in [5, 5.41) is 4.79. The van der Waals surface area contributed by atoms with Crippen LogP contribution in [-0.4, -0.2) is 10.9 Å². The molecule has 5 heteroatoms. The number of hydrogen-bond donors (Lipinski definition) is 1. The molecule has 1 N–H and O–H groups in total. The van der Waals surface area contributed by atoms with Crippen LogP contribution in [0.1, 0.15) is 33.9 Å². The number of fused-ring (bicyclic) bond motifs is 1. The number of hydrogen-bond acceptors (Lipinski definition) is 3. The van der Waals surface area contributed by atoms with Crippen LogP contribution < -0.4 is 5.32 Å². The zero-order valence-corrected chi connectivity index (χ0v) is 20.3. The Labute approximate surface area is 209 Å². The molecule has 0 aliphatic heterocycles. The van der Waals surface area contributed by atoms with Crippen LogP contribution in [0.15, 0.2) is 95.5 Å². The number of aryl methyl sites for hydroxylation is 2. The quantitative estimate of drug-likeness (QED) is 0.279. The Bertz CT molecular complexity index is 1510. The van der Waals surface area contributed by atoms with Gasteiger partial charge in [0.2, 0.25) is 5.91 Å². The smallest absolute Gasteiger partial charge is 0.232 e. The van der Waals surface area contributed by atoms with Gasteiger partial charge in [0, 0.05) is 34.4 Å². The number of nitrogens with zero attached hydrogens (tertiary/aromatic N) is 1. The molecule has 174 valence electrons. The van der Waals surface area contributed by atoms with Gasteiger partial charge in [-0.15, -0.1) is 0 Å². The third kappa shape index (κ3) is 4.84. The number of aromatic nitrogens is 1. The predicted molar refractivity (Wildman–Crippen MR) is 141 cm³/mol. The second kappa shape index (κ2) is 9.77. The molecule has 0 spiro atoms. The molecule has 5 aromatic rings. The van der Waals surface area contributed by atoms with Crippen molar-refractivity contribution in [2.24, 2.45) is 0 Å². The number of amides is 1. The van der Waals surface area contributed by atoms with Crippen molar-refractivity contribution in [3.63, 3.8) is 0 Å². The van der Waals surface area contributed by atoms with Gasteiger partial charge in [0.25, 0.3) is 0 Å². The van der Waals surface area contributed by atoms with E-state index in [9.17, 15) is 4.79 Å². The maximum atomic E-state index is 13.5. The molecular weight excluding hydrogens is 456 g/mol. The monoisotopic (exact) mass is 480 g/mol.